The molecule has 1 atom stereocenters. The van der Waals surface area contributed by atoms with Crippen molar-refractivity contribution in [1.82, 2.24) is 9.88 Å². The van der Waals surface area contributed by atoms with E-state index < -0.39 is 11.7 Å². The van der Waals surface area contributed by atoms with E-state index in [0.717, 1.165) is 43.1 Å². The van der Waals surface area contributed by atoms with Crippen molar-refractivity contribution in [3.63, 3.8) is 0 Å². The number of nitriles is 1. The van der Waals surface area contributed by atoms with E-state index in [0.29, 0.717) is 35.8 Å². The van der Waals surface area contributed by atoms with Crippen molar-refractivity contribution in [2.24, 2.45) is 5.73 Å². The number of aryl methyl sites for hydroxylation is 1. The Hall–Kier alpha value is -3.37. The largest absolute Gasteiger partial charge is 0.489 e. The van der Waals surface area contributed by atoms with Crippen LogP contribution < -0.4 is 10.5 Å². The Bertz CT molecular complexity index is 1240. The van der Waals surface area contributed by atoms with Crippen LogP contribution >= 0.6 is 0 Å². The van der Waals surface area contributed by atoms with E-state index in [2.05, 4.69) is 16.0 Å². The monoisotopic (exact) mass is 446 g/mol. The fourth-order valence-electron chi connectivity index (χ4n) is 5.16. The number of H-pyrrole nitrogens is 1. The fraction of sp³-hybridized carbons (Fsp3) is 0.385. The van der Waals surface area contributed by atoms with Gasteiger partial charge in [-0.05, 0) is 74.5 Å². The highest BCUT2D eigenvalue weighted by Crippen LogP contribution is 2.35. The molecule has 1 aromatic heterocycles. The molecule has 170 valence electrons. The summed E-state index contributed by atoms with van der Waals surface area (Å²) in [5, 5.41) is 10.3. The van der Waals surface area contributed by atoms with E-state index in [4.69, 9.17) is 10.5 Å². The number of fused-ring (bicyclic) bond motifs is 2. The minimum absolute atomic E-state index is 0.0795. The number of rotatable bonds is 7. The highest BCUT2D eigenvalue weighted by molar-refractivity contribution is 5.95. The SMILES string of the molecule is N#Cc1ccc2[nH]cc(CCCN(C3CCC3)[C@H]3COc4c(F)ccc(C(N)=O)c4C3)c2c1. The number of carbonyl (C=O) groups excluding carboxylic acids is 1. The summed E-state index contributed by atoms with van der Waals surface area (Å²) >= 11 is 0. The predicted octanol–water partition coefficient (Wildman–Crippen LogP) is 4.07. The molecule has 0 unspecified atom stereocenters. The number of hydrogen-bond donors (Lipinski definition) is 2. The van der Waals surface area contributed by atoms with Gasteiger partial charge in [-0.3, -0.25) is 9.69 Å². The molecule has 0 saturated heterocycles. The summed E-state index contributed by atoms with van der Waals surface area (Å²) in [6.45, 7) is 1.29. The summed E-state index contributed by atoms with van der Waals surface area (Å²) in [5.41, 5.74) is 9.39. The Balaban J connectivity index is 1.32. The van der Waals surface area contributed by atoms with Crippen LogP contribution in [-0.4, -0.2) is 41.0 Å². The van der Waals surface area contributed by atoms with Crippen LogP contribution in [0.4, 0.5) is 4.39 Å². The zero-order valence-electron chi connectivity index (χ0n) is 18.4. The van der Waals surface area contributed by atoms with Gasteiger partial charge in [0.05, 0.1) is 11.6 Å². The average molecular weight is 447 g/mol. The summed E-state index contributed by atoms with van der Waals surface area (Å²) in [7, 11) is 0. The molecule has 3 aromatic rings. The standard InChI is InChI=1S/C26H27FN4O2/c27-23-8-7-20(26(29)32)22-12-19(15-33-25(22)23)31(18-4-1-5-18)10-2-3-17-14-30-24-9-6-16(13-28)11-21(17)24/h6-9,11,14,18-19,30H,1-5,10,12,15H2,(H2,29,32)/t19-/m1/s1. The molecule has 0 bridgehead atoms. The van der Waals surface area contributed by atoms with Gasteiger partial charge in [0.25, 0.3) is 0 Å². The number of nitrogens with two attached hydrogens (primary N) is 1. The van der Waals surface area contributed by atoms with Crippen LogP contribution in [0.3, 0.4) is 0 Å². The van der Waals surface area contributed by atoms with Gasteiger partial charge in [0.1, 0.15) is 6.61 Å². The van der Waals surface area contributed by atoms with Crippen LogP contribution in [0.2, 0.25) is 0 Å². The zero-order chi connectivity index (χ0) is 22.9. The third-order valence-corrected chi connectivity index (χ3v) is 7.11. The molecule has 7 heteroatoms. The molecule has 33 heavy (non-hydrogen) atoms. The smallest absolute Gasteiger partial charge is 0.249 e. The molecule has 2 aromatic carbocycles. The Morgan fingerprint density at radius 3 is 2.85 bits per heavy atom. The number of benzene rings is 2. The number of aromatic nitrogens is 1. The van der Waals surface area contributed by atoms with Crippen molar-refractivity contribution >= 4 is 16.8 Å². The summed E-state index contributed by atoms with van der Waals surface area (Å²) < 4.78 is 20.1. The van der Waals surface area contributed by atoms with Gasteiger partial charge in [0, 0.05) is 40.3 Å². The number of primary amides is 1. The molecule has 1 aliphatic heterocycles. The van der Waals surface area contributed by atoms with Gasteiger partial charge >= 0.3 is 0 Å². The first-order valence-electron chi connectivity index (χ1n) is 11.5. The Kier molecular flexibility index (Phi) is 5.77. The predicted molar refractivity (Wildman–Crippen MR) is 124 cm³/mol. The van der Waals surface area contributed by atoms with E-state index in [-0.39, 0.29) is 11.8 Å². The number of aromatic amines is 1. The van der Waals surface area contributed by atoms with Crippen molar-refractivity contribution in [3.8, 4) is 11.8 Å². The van der Waals surface area contributed by atoms with Crippen molar-refractivity contribution < 1.29 is 13.9 Å². The highest BCUT2D eigenvalue weighted by atomic mass is 19.1. The van der Waals surface area contributed by atoms with E-state index in [1.54, 1.807) is 0 Å². The molecule has 3 N–H and O–H groups in total. The normalized spacial score (nSPS) is 17.9. The molecule has 0 radical (unpaired) electrons. The van der Waals surface area contributed by atoms with E-state index in [9.17, 15) is 14.4 Å². The minimum Gasteiger partial charge on any atom is -0.489 e. The first-order chi connectivity index (χ1) is 16.0. The maximum atomic E-state index is 14.3. The average Bonchev–Trinajstić information content (AvgIpc) is 3.19. The van der Waals surface area contributed by atoms with Crippen LogP contribution in [0.5, 0.6) is 5.75 Å². The summed E-state index contributed by atoms with van der Waals surface area (Å²) in [4.78, 5) is 17.7. The first-order valence-corrected chi connectivity index (χ1v) is 11.5. The number of nitrogens with one attached hydrogen (secondary N) is 1. The molecule has 1 amide bonds. The van der Waals surface area contributed by atoms with Gasteiger partial charge in [0.15, 0.2) is 11.6 Å². The second-order valence-corrected chi connectivity index (χ2v) is 9.05. The Morgan fingerprint density at radius 2 is 2.12 bits per heavy atom. The first kappa shape index (κ1) is 21.5. The van der Waals surface area contributed by atoms with E-state index in [1.165, 1.54) is 24.1 Å². The van der Waals surface area contributed by atoms with Crippen molar-refractivity contribution in [3.05, 3.63) is 64.6 Å². The van der Waals surface area contributed by atoms with Gasteiger partial charge in [0.2, 0.25) is 5.91 Å². The molecule has 1 fully saturated rings. The molecule has 5 rings (SSSR count). The van der Waals surface area contributed by atoms with Crippen LogP contribution in [0, 0.1) is 17.1 Å². The highest BCUT2D eigenvalue weighted by Gasteiger charge is 2.35. The topological polar surface area (TPSA) is 95.1 Å². The molecular weight excluding hydrogens is 419 g/mol. The van der Waals surface area contributed by atoms with Crippen LogP contribution in [0.25, 0.3) is 10.9 Å². The zero-order valence-corrected chi connectivity index (χ0v) is 18.4. The van der Waals surface area contributed by atoms with Crippen molar-refractivity contribution in [1.29, 1.82) is 5.26 Å². The quantitative estimate of drug-likeness (QED) is 0.572. The lowest BCUT2D eigenvalue weighted by Gasteiger charge is -2.44. The van der Waals surface area contributed by atoms with E-state index >= 15 is 0 Å². The fourth-order valence-corrected chi connectivity index (χ4v) is 5.16. The summed E-state index contributed by atoms with van der Waals surface area (Å²) in [5.74, 6) is -0.829. The maximum absolute atomic E-state index is 14.3. The van der Waals surface area contributed by atoms with Crippen LogP contribution in [0.15, 0.2) is 36.5 Å². The number of halogens is 1. The number of ether oxygens (including phenoxy) is 1. The molecule has 2 heterocycles. The third-order valence-electron chi connectivity index (χ3n) is 7.11. The van der Waals surface area contributed by atoms with Gasteiger partial charge in [-0.1, -0.05) is 6.42 Å². The molecule has 0 spiro atoms. The van der Waals surface area contributed by atoms with Gasteiger partial charge in [-0.2, -0.15) is 5.26 Å². The number of amides is 1. The van der Waals surface area contributed by atoms with E-state index in [1.807, 2.05) is 24.4 Å². The van der Waals surface area contributed by atoms with Gasteiger partial charge < -0.3 is 15.5 Å². The maximum Gasteiger partial charge on any atom is 0.249 e. The second kappa shape index (κ2) is 8.87. The third kappa shape index (κ3) is 4.07. The number of nitrogens with zero attached hydrogens (tertiary/aromatic N) is 2. The Morgan fingerprint density at radius 1 is 1.27 bits per heavy atom. The minimum atomic E-state index is -0.554. The van der Waals surface area contributed by atoms with Gasteiger partial charge in [-0.15, -0.1) is 0 Å². The van der Waals surface area contributed by atoms with Crippen molar-refractivity contribution in [2.45, 2.75) is 50.6 Å². The lowest BCUT2D eigenvalue weighted by molar-refractivity contribution is 0.0421. The molecule has 6 nitrogen and oxygen atoms in total. The summed E-state index contributed by atoms with van der Waals surface area (Å²) in [6.07, 6.45) is 7.94. The molecule has 2 aliphatic rings. The lowest BCUT2D eigenvalue weighted by atomic mass is 9.87. The lowest BCUT2D eigenvalue weighted by Crippen LogP contribution is -2.51. The van der Waals surface area contributed by atoms with Crippen molar-refractivity contribution in [2.75, 3.05) is 13.2 Å². The van der Waals surface area contributed by atoms with Crippen LogP contribution in [-0.2, 0) is 12.8 Å². The molecule has 1 saturated carbocycles. The Labute approximate surface area is 192 Å². The number of carbonyl (C=O) groups is 1. The van der Waals surface area contributed by atoms with Crippen LogP contribution in [0.1, 0.15) is 52.7 Å². The summed E-state index contributed by atoms with van der Waals surface area (Å²) in [6, 6.07) is 11.2. The number of hydrogen-bond acceptors (Lipinski definition) is 4. The second-order valence-electron chi connectivity index (χ2n) is 9.05. The van der Waals surface area contributed by atoms with Gasteiger partial charge in [-0.25, -0.2) is 4.39 Å². The molecule has 1 aliphatic carbocycles. The molecular formula is C26H27FN4O2.